The van der Waals surface area contributed by atoms with Crippen molar-refractivity contribution in [3.63, 3.8) is 0 Å². The van der Waals surface area contributed by atoms with Gasteiger partial charge in [-0.3, -0.25) is 4.68 Å². The summed E-state index contributed by atoms with van der Waals surface area (Å²) in [7, 11) is 0. The normalized spacial score (nSPS) is 12.0. The fourth-order valence-corrected chi connectivity index (χ4v) is 3.67. The molecule has 0 fully saturated rings. The minimum Gasteiger partial charge on any atom is -0.273 e. The largest absolute Gasteiger partial charge is 0.273 e. The van der Waals surface area contributed by atoms with E-state index in [0.29, 0.717) is 5.41 Å². The van der Waals surface area contributed by atoms with E-state index < -0.39 is 0 Å². The molecule has 0 saturated heterocycles. The molecule has 4 heteroatoms. The fourth-order valence-electron chi connectivity index (χ4n) is 1.55. The van der Waals surface area contributed by atoms with Crippen LogP contribution in [0, 0.1) is 5.41 Å². The van der Waals surface area contributed by atoms with Gasteiger partial charge in [-0.15, -0.1) is 0 Å². The van der Waals surface area contributed by atoms with Crippen molar-refractivity contribution in [1.29, 1.82) is 0 Å². The van der Waals surface area contributed by atoms with Gasteiger partial charge >= 0.3 is 0 Å². The van der Waals surface area contributed by atoms with Crippen molar-refractivity contribution in [3.8, 4) is 0 Å². The lowest BCUT2D eigenvalue weighted by Gasteiger charge is -2.27. The van der Waals surface area contributed by atoms with Crippen LogP contribution in [0.5, 0.6) is 0 Å². The van der Waals surface area contributed by atoms with Gasteiger partial charge in [0.15, 0.2) is 0 Å². The Morgan fingerprint density at radius 3 is 2.40 bits per heavy atom. The summed E-state index contributed by atoms with van der Waals surface area (Å²) >= 11 is 7.24. The third-order valence-corrected chi connectivity index (χ3v) is 5.29. The van der Waals surface area contributed by atoms with Crippen molar-refractivity contribution >= 4 is 31.9 Å². The van der Waals surface area contributed by atoms with Gasteiger partial charge in [0.25, 0.3) is 0 Å². The second kappa shape index (κ2) is 6.04. The average molecular weight is 338 g/mol. The van der Waals surface area contributed by atoms with E-state index in [2.05, 4.69) is 57.0 Å². The number of halogens is 2. The lowest BCUT2D eigenvalue weighted by molar-refractivity contribution is 0.373. The highest BCUT2D eigenvalue weighted by molar-refractivity contribution is 9.09. The minimum atomic E-state index is 0.321. The first-order chi connectivity index (χ1) is 7.19. The molecule has 0 radical (unpaired) electrons. The lowest BCUT2D eigenvalue weighted by atomic mass is 9.84. The highest BCUT2D eigenvalue weighted by Gasteiger charge is 2.26. The molecule has 0 bridgehead atoms. The van der Waals surface area contributed by atoms with Crippen molar-refractivity contribution in [1.82, 2.24) is 9.78 Å². The van der Waals surface area contributed by atoms with Gasteiger partial charge in [0.2, 0.25) is 0 Å². The lowest BCUT2D eigenvalue weighted by Crippen LogP contribution is -2.26. The molecule has 1 heterocycles. The molecule has 1 aromatic heterocycles. The van der Waals surface area contributed by atoms with E-state index in [1.165, 1.54) is 12.0 Å². The van der Waals surface area contributed by atoms with Crippen LogP contribution in [0.1, 0.15) is 25.8 Å². The maximum Gasteiger partial charge on any atom is 0.0521 e. The molecule has 1 rings (SSSR count). The molecule has 0 unspecified atom stereocenters. The summed E-state index contributed by atoms with van der Waals surface area (Å²) in [5.74, 6) is 0. The molecule has 15 heavy (non-hydrogen) atoms. The van der Waals surface area contributed by atoms with E-state index in [9.17, 15) is 0 Å². The van der Waals surface area contributed by atoms with Crippen LogP contribution in [-0.2, 0) is 13.0 Å². The summed E-state index contributed by atoms with van der Waals surface area (Å²) in [6.45, 7) is 5.30. The Balaban J connectivity index is 2.73. The SMILES string of the molecule is CCn1cc(CC(CC)(CBr)CBr)cn1. The van der Waals surface area contributed by atoms with Gasteiger partial charge in [0, 0.05) is 23.4 Å². The van der Waals surface area contributed by atoms with Crippen LogP contribution >= 0.6 is 31.9 Å². The number of rotatable bonds is 6. The maximum absolute atomic E-state index is 4.31. The van der Waals surface area contributed by atoms with Crippen LogP contribution in [-0.4, -0.2) is 20.4 Å². The third-order valence-electron chi connectivity index (χ3n) is 2.91. The molecule has 0 aliphatic carbocycles. The highest BCUT2D eigenvalue weighted by Crippen LogP contribution is 2.31. The van der Waals surface area contributed by atoms with Gasteiger partial charge < -0.3 is 0 Å². The van der Waals surface area contributed by atoms with Crippen molar-refractivity contribution in [2.24, 2.45) is 5.41 Å². The van der Waals surface area contributed by atoms with Gasteiger partial charge in [0.05, 0.1) is 6.20 Å². The van der Waals surface area contributed by atoms with Crippen LogP contribution in [0.4, 0.5) is 0 Å². The Labute approximate surface area is 109 Å². The third kappa shape index (κ3) is 3.31. The van der Waals surface area contributed by atoms with E-state index >= 15 is 0 Å². The molecule has 0 aromatic carbocycles. The molecule has 0 N–H and O–H groups in total. The summed E-state index contributed by atoms with van der Waals surface area (Å²) in [4.78, 5) is 0. The summed E-state index contributed by atoms with van der Waals surface area (Å²) in [5, 5.41) is 6.36. The van der Waals surface area contributed by atoms with Crippen LogP contribution in [0.15, 0.2) is 12.4 Å². The maximum atomic E-state index is 4.31. The topological polar surface area (TPSA) is 17.8 Å². The van der Waals surface area contributed by atoms with Crippen molar-refractivity contribution < 1.29 is 0 Å². The molecule has 0 saturated carbocycles. The number of alkyl halides is 2. The summed E-state index contributed by atoms with van der Waals surface area (Å²) in [5.41, 5.74) is 1.65. The van der Waals surface area contributed by atoms with Gasteiger partial charge in [0.1, 0.15) is 0 Å². The van der Waals surface area contributed by atoms with Crippen LogP contribution in [0.2, 0.25) is 0 Å². The second-order valence-electron chi connectivity index (χ2n) is 4.00. The smallest absolute Gasteiger partial charge is 0.0521 e. The molecule has 86 valence electrons. The van der Waals surface area contributed by atoms with Gasteiger partial charge in [-0.1, -0.05) is 38.8 Å². The standard InChI is InChI=1S/C11H18Br2N2/c1-3-11(8-12,9-13)5-10-6-14-15(4-2)7-10/h6-7H,3-5,8-9H2,1-2H3. The number of hydrogen-bond acceptors (Lipinski definition) is 1. The van der Waals surface area contributed by atoms with Gasteiger partial charge in [-0.25, -0.2) is 0 Å². The Bertz CT molecular complexity index is 284. The van der Waals surface area contributed by atoms with Crippen molar-refractivity contribution in [2.75, 3.05) is 10.7 Å². The van der Waals surface area contributed by atoms with Crippen LogP contribution < -0.4 is 0 Å². The van der Waals surface area contributed by atoms with E-state index in [1.54, 1.807) is 0 Å². The zero-order valence-electron chi connectivity index (χ0n) is 9.34. The molecule has 2 nitrogen and oxygen atoms in total. The van der Waals surface area contributed by atoms with Crippen molar-refractivity contribution in [2.45, 2.75) is 33.2 Å². The van der Waals surface area contributed by atoms with E-state index in [-0.39, 0.29) is 0 Å². The Morgan fingerprint density at radius 2 is 2.00 bits per heavy atom. The fraction of sp³-hybridized carbons (Fsp3) is 0.727. The molecule has 0 atom stereocenters. The first-order valence-corrected chi connectivity index (χ1v) is 7.57. The van der Waals surface area contributed by atoms with E-state index in [0.717, 1.165) is 23.6 Å². The first-order valence-electron chi connectivity index (χ1n) is 5.33. The average Bonchev–Trinajstić information content (AvgIpc) is 2.73. The Hall–Kier alpha value is 0.170. The number of aryl methyl sites for hydroxylation is 1. The summed E-state index contributed by atoms with van der Waals surface area (Å²) < 4.78 is 1.98. The number of aromatic nitrogens is 2. The second-order valence-corrected chi connectivity index (χ2v) is 5.12. The first kappa shape index (κ1) is 13.2. The number of hydrogen-bond donors (Lipinski definition) is 0. The monoisotopic (exact) mass is 336 g/mol. The molecular weight excluding hydrogens is 320 g/mol. The predicted molar refractivity (Wildman–Crippen MR) is 71.9 cm³/mol. The molecule has 0 spiro atoms. The van der Waals surface area contributed by atoms with Crippen molar-refractivity contribution in [3.05, 3.63) is 18.0 Å². The predicted octanol–water partition coefficient (Wildman–Crippen LogP) is 3.63. The van der Waals surface area contributed by atoms with E-state index in [1.807, 2.05) is 10.9 Å². The summed E-state index contributed by atoms with van der Waals surface area (Å²) in [6, 6.07) is 0. The quantitative estimate of drug-likeness (QED) is 0.725. The molecular formula is C11H18Br2N2. The Kier molecular flexibility index (Phi) is 5.33. The molecule has 0 amide bonds. The van der Waals surface area contributed by atoms with E-state index in [4.69, 9.17) is 0 Å². The zero-order valence-corrected chi connectivity index (χ0v) is 12.5. The zero-order chi connectivity index (χ0) is 11.3. The Morgan fingerprint density at radius 1 is 1.33 bits per heavy atom. The van der Waals surface area contributed by atoms with Gasteiger partial charge in [-0.2, -0.15) is 5.10 Å². The van der Waals surface area contributed by atoms with Crippen LogP contribution in [0.3, 0.4) is 0 Å². The molecule has 0 aliphatic heterocycles. The molecule has 0 aliphatic rings. The number of nitrogens with zero attached hydrogens (tertiary/aromatic N) is 2. The summed E-state index contributed by atoms with van der Waals surface area (Å²) in [6.07, 6.45) is 6.38. The molecule has 1 aromatic rings. The minimum absolute atomic E-state index is 0.321. The van der Waals surface area contributed by atoms with Gasteiger partial charge in [-0.05, 0) is 30.7 Å². The highest BCUT2D eigenvalue weighted by atomic mass is 79.9. The van der Waals surface area contributed by atoms with Crippen LogP contribution in [0.25, 0.3) is 0 Å².